The fourth-order valence-corrected chi connectivity index (χ4v) is 2.85. The maximum Gasteiger partial charge on any atom is 0.133 e. The second-order valence-corrected chi connectivity index (χ2v) is 5.53. The smallest absolute Gasteiger partial charge is 0.133 e. The Morgan fingerprint density at radius 1 is 1.36 bits per heavy atom. The average Bonchev–Trinajstić information content (AvgIpc) is 2.08. The van der Waals surface area contributed by atoms with E-state index in [-0.39, 0.29) is 0 Å². The molecule has 1 heteroatoms. The molecule has 0 aromatic carbocycles. The molecule has 0 aromatic heterocycles. The van der Waals surface area contributed by atoms with Crippen molar-refractivity contribution in [1.82, 2.24) is 0 Å². The zero-order chi connectivity index (χ0) is 10.7. The van der Waals surface area contributed by atoms with Crippen molar-refractivity contribution in [3.05, 3.63) is 0 Å². The Bertz CT molecular complexity index is 195. The number of carbonyl (C=O) groups excluding carboxylic acids is 1. The largest absolute Gasteiger partial charge is 0.300 e. The van der Waals surface area contributed by atoms with Crippen molar-refractivity contribution in [3.63, 3.8) is 0 Å². The van der Waals surface area contributed by atoms with Crippen LogP contribution in [-0.4, -0.2) is 5.78 Å². The van der Waals surface area contributed by atoms with Crippen LogP contribution < -0.4 is 0 Å². The molecule has 0 spiro atoms. The molecule has 0 saturated heterocycles. The van der Waals surface area contributed by atoms with Crippen LogP contribution >= 0.6 is 0 Å². The van der Waals surface area contributed by atoms with E-state index < -0.39 is 0 Å². The molecule has 0 aromatic rings. The lowest BCUT2D eigenvalue weighted by molar-refractivity contribution is -0.123. The Labute approximate surface area is 88.3 Å². The highest BCUT2D eigenvalue weighted by atomic mass is 16.1. The minimum absolute atomic E-state index is 0.490. The molecule has 1 nitrogen and oxygen atoms in total. The van der Waals surface area contributed by atoms with Crippen LogP contribution in [0, 0.1) is 23.7 Å². The van der Waals surface area contributed by atoms with Gasteiger partial charge >= 0.3 is 0 Å². The van der Waals surface area contributed by atoms with E-state index >= 15 is 0 Å². The minimum atomic E-state index is 0.490. The highest BCUT2D eigenvalue weighted by Crippen LogP contribution is 2.35. The molecular weight excluding hydrogens is 172 g/mol. The zero-order valence-corrected chi connectivity index (χ0v) is 10.0. The second-order valence-electron chi connectivity index (χ2n) is 5.53. The van der Waals surface area contributed by atoms with Crippen molar-refractivity contribution < 1.29 is 4.79 Å². The fraction of sp³-hybridized carbons (Fsp3) is 0.923. The summed E-state index contributed by atoms with van der Waals surface area (Å²) >= 11 is 0. The number of hydrogen-bond donors (Lipinski definition) is 0. The normalized spacial score (nSPS) is 30.8. The van der Waals surface area contributed by atoms with Crippen molar-refractivity contribution >= 4 is 5.78 Å². The van der Waals surface area contributed by atoms with E-state index in [0.29, 0.717) is 17.6 Å². The van der Waals surface area contributed by atoms with Crippen molar-refractivity contribution in [1.29, 1.82) is 0 Å². The molecular formula is C13H24O. The molecule has 0 aliphatic heterocycles. The summed E-state index contributed by atoms with van der Waals surface area (Å²) in [6, 6.07) is 0. The van der Waals surface area contributed by atoms with Gasteiger partial charge in [0.1, 0.15) is 5.78 Å². The van der Waals surface area contributed by atoms with E-state index in [1.165, 1.54) is 6.42 Å². The molecule has 0 N–H and O–H groups in total. The van der Waals surface area contributed by atoms with E-state index in [2.05, 4.69) is 27.7 Å². The Hall–Kier alpha value is -0.330. The van der Waals surface area contributed by atoms with E-state index in [0.717, 1.165) is 31.1 Å². The van der Waals surface area contributed by atoms with Gasteiger partial charge in [-0.3, -0.25) is 4.79 Å². The SMILES string of the molecule is CC(C)CC(C)C1CC(=O)CCC1C. The third kappa shape index (κ3) is 3.11. The highest BCUT2D eigenvalue weighted by Gasteiger charge is 2.30. The minimum Gasteiger partial charge on any atom is -0.300 e. The van der Waals surface area contributed by atoms with E-state index in [1.54, 1.807) is 0 Å². The highest BCUT2D eigenvalue weighted by molar-refractivity contribution is 5.79. The van der Waals surface area contributed by atoms with Crippen LogP contribution in [0.25, 0.3) is 0 Å². The molecule has 1 aliphatic rings. The number of carbonyl (C=O) groups is 1. The number of rotatable bonds is 3. The molecule has 0 heterocycles. The van der Waals surface area contributed by atoms with Gasteiger partial charge in [0.2, 0.25) is 0 Å². The number of hydrogen-bond acceptors (Lipinski definition) is 1. The van der Waals surface area contributed by atoms with Crippen molar-refractivity contribution in [2.45, 2.75) is 53.4 Å². The third-order valence-corrected chi connectivity index (χ3v) is 3.65. The van der Waals surface area contributed by atoms with Crippen molar-refractivity contribution in [2.24, 2.45) is 23.7 Å². The molecule has 1 aliphatic carbocycles. The average molecular weight is 196 g/mol. The van der Waals surface area contributed by atoms with Crippen LogP contribution in [0.1, 0.15) is 53.4 Å². The molecule has 1 fully saturated rings. The van der Waals surface area contributed by atoms with Gasteiger partial charge in [0, 0.05) is 12.8 Å². The first kappa shape index (κ1) is 11.7. The van der Waals surface area contributed by atoms with Crippen molar-refractivity contribution in [2.75, 3.05) is 0 Å². The quantitative estimate of drug-likeness (QED) is 0.673. The van der Waals surface area contributed by atoms with Crippen LogP contribution in [0.2, 0.25) is 0 Å². The molecule has 3 atom stereocenters. The van der Waals surface area contributed by atoms with E-state index in [4.69, 9.17) is 0 Å². The second kappa shape index (κ2) is 4.95. The van der Waals surface area contributed by atoms with Gasteiger partial charge in [-0.25, -0.2) is 0 Å². The van der Waals surface area contributed by atoms with Gasteiger partial charge in [-0.2, -0.15) is 0 Å². The lowest BCUT2D eigenvalue weighted by atomic mass is 9.71. The Kier molecular flexibility index (Phi) is 4.15. The van der Waals surface area contributed by atoms with Crippen LogP contribution in [0.15, 0.2) is 0 Å². The molecule has 0 bridgehead atoms. The Balaban J connectivity index is 2.51. The first-order chi connectivity index (χ1) is 6.50. The standard InChI is InChI=1S/C13H24O/c1-9(2)7-11(4)13-8-12(14)6-5-10(13)3/h9-11,13H,5-8H2,1-4H3. The van der Waals surface area contributed by atoms with Gasteiger partial charge in [0.15, 0.2) is 0 Å². The molecule has 1 saturated carbocycles. The molecule has 0 radical (unpaired) electrons. The number of Topliss-reactive ketones (excluding diaryl/α,β-unsaturated/α-hetero) is 1. The monoisotopic (exact) mass is 196 g/mol. The van der Waals surface area contributed by atoms with Gasteiger partial charge in [0.05, 0.1) is 0 Å². The maximum atomic E-state index is 11.4. The van der Waals surface area contributed by atoms with Gasteiger partial charge in [-0.05, 0) is 36.5 Å². The summed E-state index contributed by atoms with van der Waals surface area (Å²) < 4.78 is 0. The summed E-state index contributed by atoms with van der Waals surface area (Å²) in [7, 11) is 0. The van der Waals surface area contributed by atoms with E-state index in [1.807, 2.05) is 0 Å². The summed E-state index contributed by atoms with van der Waals surface area (Å²) in [6.07, 6.45) is 4.05. The predicted octanol–water partition coefficient (Wildman–Crippen LogP) is 3.67. The predicted molar refractivity (Wildman–Crippen MR) is 60.1 cm³/mol. The topological polar surface area (TPSA) is 17.1 Å². The lowest BCUT2D eigenvalue weighted by Crippen LogP contribution is -2.28. The van der Waals surface area contributed by atoms with Crippen LogP contribution in [-0.2, 0) is 4.79 Å². The Morgan fingerprint density at radius 2 is 2.00 bits per heavy atom. The third-order valence-electron chi connectivity index (χ3n) is 3.65. The molecule has 1 rings (SSSR count). The summed E-state index contributed by atoms with van der Waals surface area (Å²) in [6.45, 7) is 9.17. The molecule has 14 heavy (non-hydrogen) atoms. The summed E-state index contributed by atoms with van der Waals surface area (Å²) in [5.74, 6) is 3.37. The van der Waals surface area contributed by atoms with E-state index in [9.17, 15) is 4.79 Å². The first-order valence-corrected chi connectivity index (χ1v) is 6.02. The lowest BCUT2D eigenvalue weighted by Gasteiger charge is -2.33. The van der Waals surface area contributed by atoms with Crippen molar-refractivity contribution in [3.8, 4) is 0 Å². The summed E-state index contributed by atoms with van der Waals surface area (Å²) in [5, 5.41) is 0. The molecule has 3 unspecified atom stereocenters. The summed E-state index contributed by atoms with van der Waals surface area (Å²) in [4.78, 5) is 11.4. The number of ketones is 1. The zero-order valence-electron chi connectivity index (χ0n) is 10.0. The van der Waals surface area contributed by atoms with Crippen LogP contribution in [0.5, 0.6) is 0 Å². The first-order valence-electron chi connectivity index (χ1n) is 6.02. The fourth-order valence-electron chi connectivity index (χ4n) is 2.85. The van der Waals surface area contributed by atoms with Crippen LogP contribution in [0.4, 0.5) is 0 Å². The van der Waals surface area contributed by atoms with Gasteiger partial charge < -0.3 is 0 Å². The van der Waals surface area contributed by atoms with Gasteiger partial charge in [0.25, 0.3) is 0 Å². The van der Waals surface area contributed by atoms with Crippen LogP contribution in [0.3, 0.4) is 0 Å². The Morgan fingerprint density at radius 3 is 2.57 bits per heavy atom. The van der Waals surface area contributed by atoms with Gasteiger partial charge in [-0.1, -0.05) is 27.7 Å². The maximum absolute atomic E-state index is 11.4. The molecule has 0 amide bonds. The molecule has 82 valence electrons. The van der Waals surface area contributed by atoms with Gasteiger partial charge in [-0.15, -0.1) is 0 Å². The summed E-state index contributed by atoms with van der Waals surface area (Å²) in [5.41, 5.74) is 0.